The number of pyridine rings is 1. The topological polar surface area (TPSA) is 89.3 Å². The predicted octanol–water partition coefficient (Wildman–Crippen LogP) is 4.49. The molecule has 34 heavy (non-hydrogen) atoms. The van der Waals surface area contributed by atoms with Crippen LogP contribution in [0.3, 0.4) is 0 Å². The van der Waals surface area contributed by atoms with Gasteiger partial charge in [-0.3, -0.25) is 9.59 Å². The minimum atomic E-state index is -0.503. The van der Waals surface area contributed by atoms with Crippen LogP contribution in [0.2, 0.25) is 5.02 Å². The van der Waals surface area contributed by atoms with Crippen LogP contribution in [-0.2, 0) is 4.74 Å². The molecule has 0 amide bonds. The van der Waals surface area contributed by atoms with Crippen LogP contribution in [-0.4, -0.2) is 26.2 Å². The number of ether oxygens (including phenoxy) is 1. The van der Waals surface area contributed by atoms with Gasteiger partial charge in [0.15, 0.2) is 5.65 Å². The molecule has 4 aromatic rings. The molecule has 174 valence electrons. The Morgan fingerprint density at radius 3 is 2.71 bits per heavy atom. The molecule has 0 saturated carbocycles. The van der Waals surface area contributed by atoms with Crippen LogP contribution in [0.5, 0.6) is 0 Å². The van der Waals surface area contributed by atoms with Crippen LogP contribution in [0.15, 0.2) is 52.2 Å². The Hall–Kier alpha value is -3.36. The second-order valence-corrected chi connectivity index (χ2v) is 8.97. The summed E-state index contributed by atoms with van der Waals surface area (Å²) < 4.78 is 22.2. The van der Waals surface area contributed by atoms with Gasteiger partial charge in [0.05, 0.1) is 11.8 Å². The predicted molar refractivity (Wildman–Crippen MR) is 127 cm³/mol. The first-order valence-corrected chi connectivity index (χ1v) is 11.4. The summed E-state index contributed by atoms with van der Waals surface area (Å²) in [5.41, 5.74) is 3.17. The van der Waals surface area contributed by atoms with E-state index in [9.17, 15) is 14.0 Å². The molecule has 0 radical (unpaired) electrons. The molecular weight excluding hydrogens is 459 g/mol. The highest BCUT2D eigenvalue weighted by atomic mass is 35.5. The van der Waals surface area contributed by atoms with Crippen molar-refractivity contribution in [3.63, 3.8) is 0 Å². The van der Waals surface area contributed by atoms with Crippen LogP contribution in [0.4, 0.5) is 4.39 Å². The quantitative estimate of drug-likeness (QED) is 0.466. The van der Waals surface area contributed by atoms with Crippen molar-refractivity contribution in [3.8, 4) is 11.1 Å². The number of hydrogen-bond acceptors (Lipinski definition) is 5. The molecule has 1 aliphatic rings. The molecular formula is C25H22ClFN4O3. The molecule has 1 N–H and O–H groups in total. The normalized spacial score (nSPS) is 18.4. The van der Waals surface area contributed by atoms with Gasteiger partial charge in [-0.25, -0.2) is 9.37 Å². The van der Waals surface area contributed by atoms with E-state index < -0.39 is 5.82 Å². The number of nitrogens with zero attached hydrogens (tertiary/aromatic N) is 3. The molecule has 1 saturated heterocycles. The first kappa shape index (κ1) is 22.4. The third-order valence-electron chi connectivity index (χ3n) is 6.38. The molecule has 3 aromatic heterocycles. The Morgan fingerprint density at radius 1 is 1.15 bits per heavy atom. The summed E-state index contributed by atoms with van der Waals surface area (Å²) in [6.07, 6.45) is 2.70. The maximum absolute atomic E-state index is 15.0. The number of nitrogens with one attached hydrogen (secondary N) is 1. The molecule has 2 atom stereocenters. The lowest BCUT2D eigenvalue weighted by molar-refractivity contribution is 0.00428. The minimum Gasteiger partial charge on any atom is -0.373 e. The van der Waals surface area contributed by atoms with Crippen molar-refractivity contribution in [1.82, 2.24) is 19.6 Å². The van der Waals surface area contributed by atoms with E-state index in [4.69, 9.17) is 16.3 Å². The zero-order valence-electron chi connectivity index (χ0n) is 18.6. The zero-order valence-corrected chi connectivity index (χ0v) is 19.4. The van der Waals surface area contributed by atoms with Gasteiger partial charge in [-0.2, -0.15) is 9.61 Å². The molecule has 0 spiro atoms. The monoisotopic (exact) mass is 480 g/mol. The third kappa shape index (κ3) is 4.03. The van der Waals surface area contributed by atoms with Gasteiger partial charge in [0.2, 0.25) is 5.56 Å². The molecule has 1 fully saturated rings. The minimum absolute atomic E-state index is 0.0438. The fourth-order valence-electron chi connectivity index (χ4n) is 4.35. The number of H-pyrrole nitrogens is 1. The highest BCUT2D eigenvalue weighted by molar-refractivity contribution is 6.30. The van der Waals surface area contributed by atoms with Gasteiger partial charge in [0.25, 0.3) is 5.56 Å². The van der Waals surface area contributed by atoms with Crippen LogP contribution >= 0.6 is 11.6 Å². The van der Waals surface area contributed by atoms with E-state index in [2.05, 4.69) is 15.1 Å². The fraction of sp³-hybridized carbons (Fsp3) is 0.280. The summed E-state index contributed by atoms with van der Waals surface area (Å²) in [6.45, 7) is 3.94. The van der Waals surface area contributed by atoms with Crippen LogP contribution in [0.1, 0.15) is 47.4 Å². The lowest BCUT2D eigenvalue weighted by Gasteiger charge is -2.29. The van der Waals surface area contributed by atoms with Crippen molar-refractivity contribution in [2.75, 3.05) is 6.61 Å². The first-order chi connectivity index (χ1) is 16.3. The Balaban J connectivity index is 1.66. The van der Waals surface area contributed by atoms with Gasteiger partial charge in [0.1, 0.15) is 5.82 Å². The Labute approximate surface area is 199 Å². The van der Waals surface area contributed by atoms with Crippen LogP contribution in [0, 0.1) is 19.7 Å². The van der Waals surface area contributed by atoms with Gasteiger partial charge >= 0.3 is 0 Å². The average Bonchev–Trinajstić information content (AvgIpc) is 2.83. The van der Waals surface area contributed by atoms with Crippen LogP contribution < -0.4 is 11.1 Å². The molecule has 7 nitrogen and oxygen atoms in total. The lowest BCUT2D eigenvalue weighted by Crippen LogP contribution is -2.25. The van der Waals surface area contributed by atoms with Crippen molar-refractivity contribution in [3.05, 3.63) is 96.7 Å². The van der Waals surface area contributed by atoms with Crippen LogP contribution in [0.25, 0.3) is 16.8 Å². The Morgan fingerprint density at radius 2 is 1.97 bits per heavy atom. The molecule has 9 heteroatoms. The number of benzene rings is 1. The SMILES string of the molecule is Cc1nc2c(-c3ccc(Cl)cc3F)cc(C3CCOC(c4ccc(=O)[nH]c4)C3)nn2c(=O)c1C. The smallest absolute Gasteiger partial charge is 0.277 e. The number of hydrogen-bond donors (Lipinski definition) is 1. The van der Waals surface area contributed by atoms with Gasteiger partial charge in [0, 0.05) is 52.2 Å². The van der Waals surface area contributed by atoms with Crippen molar-refractivity contribution in [2.24, 2.45) is 0 Å². The largest absolute Gasteiger partial charge is 0.373 e. The maximum Gasteiger partial charge on any atom is 0.277 e. The Kier molecular flexibility index (Phi) is 5.79. The van der Waals surface area contributed by atoms with Gasteiger partial charge in [-0.1, -0.05) is 11.6 Å². The number of aromatic nitrogens is 4. The molecule has 5 rings (SSSR count). The highest BCUT2D eigenvalue weighted by Crippen LogP contribution is 2.38. The van der Waals surface area contributed by atoms with E-state index >= 15 is 0 Å². The van der Waals surface area contributed by atoms with Crippen molar-refractivity contribution < 1.29 is 9.13 Å². The number of aryl methyl sites for hydroxylation is 1. The van der Waals surface area contributed by atoms with Gasteiger partial charge < -0.3 is 9.72 Å². The van der Waals surface area contributed by atoms with E-state index in [-0.39, 0.29) is 28.2 Å². The summed E-state index contributed by atoms with van der Waals surface area (Å²) in [5.74, 6) is -0.546. The number of fused-ring (bicyclic) bond motifs is 1. The van der Waals surface area contributed by atoms with Crippen molar-refractivity contribution in [2.45, 2.75) is 38.7 Å². The highest BCUT2D eigenvalue weighted by Gasteiger charge is 2.28. The number of rotatable bonds is 3. The summed E-state index contributed by atoms with van der Waals surface area (Å²) in [4.78, 5) is 31.8. The van der Waals surface area contributed by atoms with E-state index in [0.717, 1.165) is 5.56 Å². The third-order valence-corrected chi connectivity index (χ3v) is 6.62. The summed E-state index contributed by atoms with van der Waals surface area (Å²) >= 11 is 5.97. The Bertz CT molecular complexity index is 1510. The van der Waals surface area contributed by atoms with E-state index in [1.54, 1.807) is 38.2 Å². The number of aromatic amines is 1. The summed E-state index contributed by atoms with van der Waals surface area (Å²) in [6, 6.07) is 9.46. The molecule has 1 aliphatic heterocycles. The molecule has 0 aliphatic carbocycles. The molecule has 1 aromatic carbocycles. The van der Waals surface area contributed by atoms with E-state index in [0.29, 0.717) is 53.2 Å². The standard InChI is InChI=1S/C25H22ClFN4O3/c1-13-14(2)29-24-19(18-5-4-17(26)10-20(18)27)11-21(30-31(24)25(13)33)15-7-8-34-22(9-15)16-3-6-23(32)28-12-16/h3-6,10-12,15,22H,7-9H2,1-2H3,(H,28,32). The zero-order chi connectivity index (χ0) is 24.0. The second kappa shape index (κ2) is 8.77. The van der Waals surface area contributed by atoms with Crippen molar-refractivity contribution in [1.29, 1.82) is 0 Å². The molecule has 2 unspecified atom stereocenters. The summed E-state index contributed by atoms with van der Waals surface area (Å²) in [5, 5.41) is 4.94. The maximum atomic E-state index is 15.0. The molecule has 4 heterocycles. The van der Waals surface area contributed by atoms with Gasteiger partial charge in [-0.15, -0.1) is 0 Å². The van der Waals surface area contributed by atoms with Gasteiger partial charge in [-0.05, 0) is 62.6 Å². The molecule has 0 bridgehead atoms. The summed E-state index contributed by atoms with van der Waals surface area (Å²) in [7, 11) is 0. The van der Waals surface area contributed by atoms with Crippen molar-refractivity contribution >= 4 is 17.2 Å². The average molecular weight is 481 g/mol. The second-order valence-electron chi connectivity index (χ2n) is 8.54. The number of halogens is 2. The first-order valence-electron chi connectivity index (χ1n) is 11.0. The van der Waals surface area contributed by atoms with E-state index in [1.165, 1.54) is 16.6 Å². The lowest BCUT2D eigenvalue weighted by atomic mass is 9.89. The van der Waals surface area contributed by atoms with E-state index in [1.807, 2.05) is 6.07 Å². The fourth-order valence-corrected chi connectivity index (χ4v) is 4.51.